The summed E-state index contributed by atoms with van der Waals surface area (Å²) < 4.78 is 2.22. The zero-order valence-electron chi connectivity index (χ0n) is 12.5. The van der Waals surface area contributed by atoms with Gasteiger partial charge in [0, 0.05) is 8.95 Å². The number of rotatable bonds is 6. The Morgan fingerprint density at radius 3 is 2.52 bits per heavy atom. The molecule has 2 aromatic rings. The van der Waals surface area contributed by atoms with E-state index in [2.05, 4.69) is 93.5 Å². The number of aryl methyl sites for hydroxylation is 1. The fourth-order valence-corrected chi connectivity index (χ4v) is 3.70. The number of nitrogens with one attached hydrogen (secondary N) is 1. The standard InChI is InChI=1S/C18H21Br2N/c1-3-10-21-18(14-7-5-6-13(4-2)11-14)16-9-8-15(19)12-17(16)20/h5-9,11-12,18,21H,3-4,10H2,1-2H3. The summed E-state index contributed by atoms with van der Waals surface area (Å²) in [6, 6.07) is 15.5. The molecule has 0 spiro atoms. The first kappa shape index (κ1) is 16.7. The lowest BCUT2D eigenvalue weighted by Crippen LogP contribution is -2.23. The SMILES string of the molecule is CCCNC(c1cccc(CC)c1)c1ccc(Br)cc1Br. The van der Waals surface area contributed by atoms with Gasteiger partial charge < -0.3 is 5.32 Å². The molecule has 0 aromatic heterocycles. The second kappa shape index (κ2) is 8.11. The van der Waals surface area contributed by atoms with Crippen molar-refractivity contribution in [1.82, 2.24) is 5.32 Å². The minimum Gasteiger partial charge on any atom is -0.306 e. The van der Waals surface area contributed by atoms with Crippen LogP contribution >= 0.6 is 31.9 Å². The van der Waals surface area contributed by atoms with Crippen LogP contribution in [0.1, 0.15) is 43.0 Å². The molecule has 0 saturated heterocycles. The van der Waals surface area contributed by atoms with Gasteiger partial charge in [0.25, 0.3) is 0 Å². The average molecular weight is 411 g/mol. The van der Waals surface area contributed by atoms with Gasteiger partial charge in [0.05, 0.1) is 6.04 Å². The Bertz CT molecular complexity index is 596. The highest BCUT2D eigenvalue weighted by Gasteiger charge is 2.16. The Balaban J connectivity index is 2.41. The molecule has 1 nitrogen and oxygen atoms in total. The third-order valence-corrected chi connectivity index (χ3v) is 4.74. The molecule has 112 valence electrons. The van der Waals surface area contributed by atoms with Crippen LogP contribution in [-0.4, -0.2) is 6.54 Å². The quantitative estimate of drug-likeness (QED) is 0.628. The molecule has 0 aliphatic rings. The lowest BCUT2D eigenvalue weighted by molar-refractivity contribution is 0.596. The monoisotopic (exact) mass is 409 g/mol. The van der Waals surface area contributed by atoms with E-state index in [0.717, 1.165) is 28.3 Å². The predicted molar refractivity (Wildman–Crippen MR) is 97.8 cm³/mol. The third kappa shape index (κ3) is 4.41. The maximum atomic E-state index is 3.70. The van der Waals surface area contributed by atoms with Gasteiger partial charge in [-0.3, -0.25) is 0 Å². The van der Waals surface area contributed by atoms with Crippen molar-refractivity contribution in [2.75, 3.05) is 6.54 Å². The molecular weight excluding hydrogens is 390 g/mol. The van der Waals surface area contributed by atoms with Gasteiger partial charge in [0.15, 0.2) is 0 Å². The van der Waals surface area contributed by atoms with E-state index in [1.54, 1.807) is 0 Å². The van der Waals surface area contributed by atoms with Crippen molar-refractivity contribution in [2.45, 2.75) is 32.7 Å². The van der Waals surface area contributed by atoms with Gasteiger partial charge in [0.1, 0.15) is 0 Å². The van der Waals surface area contributed by atoms with Crippen LogP contribution < -0.4 is 5.32 Å². The predicted octanol–water partition coefficient (Wildman–Crippen LogP) is 5.86. The van der Waals surface area contributed by atoms with E-state index in [4.69, 9.17) is 0 Å². The molecule has 1 atom stereocenters. The minimum atomic E-state index is 0.221. The smallest absolute Gasteiger partial charge is 0.0587 e. The van der Waals surface area contributed by atoms with Crippen LogP contribution in [0.15, 0.2) is 51.4 Å². The lowest BCUT2D eigenvalue weighted by Gasteiger charge is -2.21. The normalized spacial score (nSPS) is 12.4. The highest BCUT2D eigenvalue weighted by molar-refractivity contribution is 9.11. The summed E-state index contributed by atoms with van der Waals surface area (Å²) in [5.41, 5.74) is 3.98. The first-order valence-electron chi connectivity index (χ1n) is 7.42. The van der Waals surface area contributed by atoms with E-state index >= 15 is 0 Å². The van der Waals surface area contributed by atoms with Gasteiger partial charge in [-0.15, -0.1) is 0 Å². The molecule has 21 heavy (non-hydrogen) atoms. The van der Waals surface area contributed by atoms with Crippen molar-refractivity contribution >= 4 is 31.9 Å². The molecule has 0 fully saturated rings. The molecule has 2 rings (SSSR count). The van der Waals surface area contributed by atoms with E-state index in [1.165, 1.54) is 16.7 Å². The zero-order valence-corrected chi connectivity index (χ0v) is 15.7. The second-order valence-corrected chi connectivity index (χ2v) is 6.92. The summed E-state index contributed by atoms with van der Waals surface area (Å²) in [5.74, 6) is 0. The molecule has 0 aliphatic heterocycles. The van der Waals surface area contributed by atoms with E-state index in [9.17, 15) is 0 Å². The van der Waals surface area contributed by atoms with Crippen LogP contribution in [0.5, 0.6) is 0 Å². The lowest BCUT2D eigenvalue weighted by atomic mass is 9.96. The maximum Gasteiger partial charge on any atom is 0.0587 e. The highest BCUT2D eigenvalue weighted by atomic mass is 79.9. The van der Waals surface area contributed by atoms with Crippen molar-refractivity contribution < 1.29 is 0 Å². The van der Waals surface area contributed by atoms with Gasteiger partial charge in [-0.25, -0.2) is 0 Å². The van der Waals surface area contributed by atoms with Crippen LogP contribution in [0.4, 0.5) is 0 Å². The molecule has 2 aromatic carbocycles. The van der Waals surface area contributed by atoms with Crippen molar-refractivity contribution in [3.05, 3.63) is 68.1 Å². The summed E-state index contributed by atoms with van der Waals surface area (Å²) in [4.78, 5) is 0. The summed E-state index contributed by atoms with van der Waals surface area (Å²) in [5, 5.41) is 3.67. The molecule has 1 unspecified atom stereocenters. The van der Waals surface area contributed by atoms with Gasteiger partial charge in [-0.2, -0.15) is 0 Å². The third-order valence-electron chi connectivity index (χ3n) is 3.56. The molecule has 0 radical (unpaired) electrons. The van der Waals surface area contributed by atoms with E-state index in [-0.39, 0.29) is 6.04 Å². The molecule has 3 heteroatoms. The molecule has 0 bridgehead atoms. The van der Waals surface area contributed by atoms with Crippen molar-refractivity contribution in [2.24, 2.45) is 0 Å². The second-order valence-electron chi connectivity index (χ2n) is 5.15. The fourth-order valence-electron chi connectivity index (χ4n) is 2.42. The Labute approximate surface area is 144 Å². The first-order valence-corrected chi connectivity index (χ1v) is 9.01. The van der Waals surface area contributed by atoms with Crippen LogP contribution in [0.3, 0.4) is 0 Å². The molecule has 0 aliphatic carbocycles. The Morgan fingerprint density at radius 1 is 1.05 bits per heavy atom. The largest absolute Gasteiger partial charge is 0.306 e. The van der Waals surface area contributed by atoms with Crippen LogP contribution in [0.2, 0.25) is 0 Å². The van der Waals surface area contributed by atoms with Crippen molar-refractivity contribution in [1.29, 1.82) is 0 Å². The fraction of sp³-hybridized carbons (Fsp3) is 0.333. The highest BCUT2D eigenvalue weighted by Crippen LogP contribution is 2.31. The number of hydrogen-bond acceptors (Lipinski definition) is 1. The van der Waals surface area contributed by atoms with Crippen LogP contribution in [0, 0.1) is 0 Å². The summed E-state index contributed by atoms with van der Waals surface area (Å²) >= 11 is 7.23. The molecule has 0 saturated carbocycles. The Hall–Kier alpha value is -0.640. The topological polar surface area (TPSA) is 12.0 Å². The molecular formula is C18H21Br2N. The average Bonchev–Trinajstić information content (AvgIpc) is 2.49. The summed E-state index contributed by atoms with van der Waals surface area (Å²) in [6.45, 7) is 5.40. The van der Waals surface area contributed by atoms with Crippen LogP contribution in [-0.2, 0) is 6.42 Å². The maximum absolute atomic E-state index is 3.70. The van der Waals surface area contributed by atoms with E-state index < -0.39 is 0 Å². The summed E-state index contributed by atoms with van der Waals surface area (Å²) in [6.07, 6.45) is 2.19. The molecule has 1 N–H and O–H groups in total. The van der Waals surface area contributed by atoms with Gasteiger partial charge >= 0.3 is 0 Å². The van der Waals surface area contributed by atoms with Gasteiger partial charge in [-0.05, 0) is 48.2 Å². The number of hydrogen-bond donors (Lipinski definition) is 1. The molecule has 0 heterocycles. The van der Waals surface area contributed by atoms with Gasteiger partial charge in [-0.1, -0.05) is 76.0 Å². The first-order chi connectivity index (χ1) is 10.2. The van der Waals surface area contributed by atoms with Gasteiger partial charge in [0.2, 0.25) is 0 Å². The van der Waals surface area contributed by atoms with E-state index in [1.807, 2.05) is 0 Å². The minimum absolute atomic E-state index is 0.221. The Kier molecular flexibility index (Phi) is 6.46. The van der Waals surface area contributed by atoms with E-state index in [0.29, 0.717) is 0 Å². The van der Waals surface area contributed by atoms with Crippen molar-refractivity contribution in [3.63, 3.8) is 0 Å². The Morgan fingerprint density at radius 2 is 1.86 bits per heavy atom. The summed E-state index contributed by atoms with van der Waals surface area (Å²) in [7, 11) is 0. The molecule has 0 amide bonds. The zero-order chi connectivity index (χ0) is 15.2. The number of benzene rings is 2. The number of halogens is 2. The van der Waals surface area contributed by atoms with Crippen LogP contribution in [0.25, 0.3) is 0 Å². The van der Waals surface area contributed by atoms with Crippen molar-refractivity contribution in [3.8, 4) is 0 Å².